The molecule has 1 aliphatic heterocycles. The third kappa shape index (κ3) is 6.30. The van der Waals surface area contributed by atoms with Gasteiger partial charge in [0.05, 0.1) is 0 Å². The van der Waals surface area contributed by atoms with E-state index in [1.165, 1.54) is 76.3 Å². The maximum absolute atomic E-state index is 4.75. The number of hydrogen-bond donors (Lipinski definition) is 0. The standard InChI is InChI=1S/C15H29N/c1-3-4-5-6-7-8-9-12-15-13-10-11-14(2)16-15/h15H,3-13H2,1-2H3/t15-/m0/s1. The van der Waals surface area contributed by atoms with Crippen LogP contribution in [0, 0.1) is 0 Å². The molecule has 0 radical (unpaired) electrons. The average Bonchev–Trinajstić information content (AvgIpc) is 2.28. The Balaban J connectivity index is 1.93. The smallest absolute Gasteiger partial charge is 0.0499 e. The normalized spacial score (nSPS) is 20.9. The predicted octanol–water partition coefficient (Wildman–Crippen LogP) is 5.14. The zero-order valence-corrected chi connectivity index (χ0v) is 11.3. The van der Waals surface area contributed by atoms with Crippen molar-refractivity contribution in [2.75, 3.05) is 0 Å². The van der Waals surface area contributed by atoms with Crippen molar-refractivity contribution >= 4 is 5.71 Å². The van der Waals surface area contributed by atoms with Crippen molar-refractivity contribution in [3.63, 3.8) is 0 Å². The van der Waals surface area contributed by atoms with Crippen LogP contribution in [0.3, 0.4) is 0 Å². The van der Waals surface area contributed by atoms with Crippen LogP contribution in [0.5, 0.6) is 0 Å². The van der Waals surface area contributed by atoms with Crippen LogP contribution < -0.4 is 0 Å². The first-order chi connectivity index (χ1) is 7.83. The fraction of sp³-hybridized carbons (Fsp3) is 0.933. The van der Waals surface area contributed by atoms with Gasteiger partial charge in [-0.1, -0.05) is 51.9 Å². The zero-order chi connectivity index (χ0) is 11.6. The summed E-state index contributed by atoms with van der Waals surface area (Å²) in [5.74, 6) is 0. The number of nitrogens with zero attached hydrogens (tertiary/aromatic N) is 1. The Morgan fingerprint density at radius 3 is 2.44 bits per heavy atom. The minimum absolute atomic E-state index is 0.671. The van der Waals surface area contributed by atoms with Crippen molar-refractivity contribution in [1.29, 1.82) is 0 Å². The SMILES string of the molecule is CCCCCCCCC[C@H]1CCCC(C)=N1. The molecule has 1 rings (SSSR count). The molecule has 16 heavy (non-hydrogen) atoms. The first kappa shape index (κ1) is 13.7. The minimum Gasteiger partial charge on any atom is -0.291 e. The Morgan fingerprint density at radius 2 is 1.75 bits per heavy atom. The highest BCUT2D eigenvalue weighted by Crippen LogP contribution is 2.19. The number of unbranched alkanes of at least 4 members (excludes halogenated alkanes) is 6. The first-order valence-corrected chi connectivity index (χ1v) is 7.36. The summed E-state index contributed by atoms with van der Waals surface area (Å²) in [5, 5.41) is 0. The van der Waals surface area contributed by atoms with E-state index in [1.54, 1.807) is 0 Å². The van der Waals surface area contributed by atoms with Crippen LogP contribution in [0.2, 0.25) is 0 Å². The Labute approximate surface area is 102 Å². The van der Waals surface area contributed by atoms with E-state index in [-0.39, 0.29) is 0 Å². The summed E-state index contributed by atoms with van der Waals surface area (Å²) in [6.07, 6.45) is 15.2. The summed E-state index contributed by atoms with van der Waals surface area (Å²) in [6.45, 7) is 4.47. The zero-order valence-electron chi connectivity index (χ0n) is 11.3. The lowest BCUT2D eigenvalue weighted by atomic mass is 9.98. The van der Waals surface area contributed by atoms with Crippen LogP contribution in [-0.2, 0) is 0 Å². The van der Waals surface area contributed by atoms with E-state index in [0.29, 0.717) is 6.04 Å². The summed E-state index contributed by atoms with van der Waals surface area (Å²) >= 11 is 0. The van der Waals surface area contributed by atoms with Gasteiger partial charge in [0, 0.05) is 11.8 Å². The summed E-state index contributed by atoms with van der Waals surface area (Å²) in [6, 6.07) is 0.671. The Hall–Kier alpha value is -0.330. The summed E-state index contributed by atoms with van der Waals surface area (Å²) in [5.41, 5.74) is 1.39. The summed E-state index contributed by atoms with van der Waals surface area (Å²) in [4.78, 5) is 4.75. The Kier molecular flexibility index (Phi) is 7.54. The van der Waals surface area contributed by atoms with Gasteiger partial charge in [0.1, 0.15) is 0 Å². The van der Waals surface area contributed by atoms with Crippen molar-refractivity contribution in [2.45, 2.75) is 90.5 Å². The third-order valence-corrected chi connectivity index (χ3v) is 3.62. The molecule has 0 aromatic heterocycles. The lowest BCUT2D eigenvalue weighted by Crippen LogP contribution is -2.13. The molecule has 1 atom stereocenters. The van der Waals surface area contributed by atoms with Crippen LogP contribution >= 0.6 is 0 Å². The molecule has 0 N–H and O–H groups in total. The fourth-order valence-electron chi connectivity index (χ4n) is 2.58. The van der Waals surface area contributed by atoms with Crippen LogP contribution in [0.4, 0.5) is 0 Å². The second-order valence-electron chi connectivity index (χ2n) is 5.32. The van der Waals surface area contributed by atoms with Gasteiger partial charge in [0.25, 0.3) is 0 Å². The minimum atomic E-state index is 0.671. The Bertz CT molecular complexity index is 196. The summed E-state index contributed by atoms with van der Waals surface area (Å²) in [7, 11) is 0. The topological polar surface area (TPSA) is 12.4 Å². The lowest BCUT2D eigenvalue weighted by molar-refractivity contribution is 0.491. The molecule has 0 bridgehead atoms. The first-order valence-electron chi connectivity index (χ1n) is 7.36. The number of aliphatic imine (C=N–C) groups is 1. The molecule has 0 spiro atoms. The van der Waals surface area contributed by atoms with Gasteiger partial charge in [0.2, 0.25) is 0 Å². The van der Waals surface area contributed by atoms with Gasteiger partial charge in [-0.05, 0) is 32.6 Å². The molecule has 0 fully saturated rings. The number of hydrogen-bond acceptors (Lipinski definition) is 1. The third-order valence-electron chi connectivity index (χ3n) is 3.62. The molecule has 0 aromatic carbocycles. The van der Waals surface area contributed by atoms with Gasteiger partial charge in [-0.2, -0.15) is 0 Å². The molecule has 0 aromatic rings. The maximum Gasteiger partial charge on any atom is 0.0499 e. The lowest BCUT2D eigenvalue weighted by Gasteiger charge is -2.18. The van der Waals surface area contributed by atoms with Crippen molar-refractivity contribution in [3.05, 3.63) is 0 Å². The van der Waals surface area contributed by atoms with Crippen molar-refractivity contribution < 1.29 is 0 Å². The van der Waals surface area contributed by atoms with Crippen molar-refractivity contribution in [2.24, 2.45) is 4.99 Å². The van der Waals surface area contributed by atoms with Gasteiger partial charge >= 0.3 is 0 Å². The monoisotopic (exact) mass is 223 g/mol. The fourth-order valence-corrected chi connectivity index (χ4v) is 2.58. The largest absolute Gasteiger partial charge is 0.291 e. The van der Waals surface area contributed by atoms with Crippen molar-refractivity contribution in [1.82, 2.24) is 0 Å². The molecule has 94 valence electrons. The van der Waals surface area contributed by atoms with Crippen LogP contribution in [0.1, 0.15) is 84.5 Å². The summed E-state index contributed by atoms with van der Waals surface area (Å²) < 4.78 is 0. The molecule has 0 unspecified atom stereocenters. The van der Waals surface area contributed by atoms with Gasteiger partial charge in [-0.25, -0.2) is 0 Å². The number of rotatable bonds is 8. The quantitative estimate of drug-likeness (QED) is 0.505. The molecule has 0 amide bonds. The average molecular weight is 223 g/mol. The van der Waals surface area contributed by atoms with E-state index < -0.39 is 0 Å². The molecule has 1 nitrogen and oxygen atoms in total. The molecular weight excluding hydrogens is 194 g/mol. The van der Waals surface area contributed by atoms with E-state index in [2.05, 4.69) is 13.8 Å². The van der Waals surface area contributed by atoms with Crippen LogP contribution in [0.15, 0.2) is 4.99 Å². The molecule has 0 saturated carbocycles. The second-order valence-corrected chi connectivity index (χ2v) is 5.32. The molecule has 0 aliphatic carbocycles. The van der Waals surface area contributed by atoms with Crippen LogP contribution in [-0.4, -0.2) is 11.8 Å². The highest BCUT2D eigenvalue weighted by atomic mass is 14.8. The van der Waals surface area contributed by atoms with E-state index >= 15 is 0 Å². The predicted molar refractivity (Wildman–Crippen MR) is 73.4 cm³/mol. The molecule has 0 saturated heterocycles. The molecule has 1 heteroatoms. The molecular formula is C15H29N. The van der Waals surface area contributed by atoms with E-state index in [9.17, 15) is 0 Å². The van der Waals surface area contributed by atoms with Gasteiger partial charge in [0.15, 0.2) is 0 Å². The second kappa shape index (κ2) is 8.78. The Morgan fingerprint density at radius 1 is 1.06 bits per heavy atom. The molecule has 1 heterocycles. The van der Waals surface area contributed by atoms with E-state index in [4.69, 9.17) is 4.99 Å². The van der Waals surface area contributed by atoms with Crippen LogP contribution in [0.25, 0.3) is 0 Å². The van der Waals surface area contributed by atoms with E-state index in [1.807, 2.05) is 0 Å². The highest BCUT2D eigenvalue weighted by Gasteiger charge is 2.11. The van der Waals surface area contributed by atoms with E-state index in [0.717, 1.165) is 0 Å². The molecule has 1 aliphatic rings. The maximum atomic E-state index is 4.75. The van der Waals surface area contributed by atoms with Gasteiger partial charge in [-0.3, -0.25) is 4.99 Å². The highest BCUT2D eigenvalue weighted by molar-refractivity contribution is 5.82. The van der Waals surface area contributed by atoms with Gasteiger partial charge in [-0.15, -0.1) is 0 Å². The van der Waals surface area contributed by atoms with Gasteiger partial charge < -0.3 is 0 Å². The van der Waals surface area contributed by atoms with Crippen molar-refractivity contribution in [3.8, 4) is 0 Å².